The Morgan fingerprint density at radius 2 is 1.65 bits per heavy atom. The molecule has 90 valence electrons. The Kier molecular flexibility index (Phi) is 3.67. The van der Waals surface area contributed by atoms with Crippen molar-refractivity contribution >= 4 is 33.7 Å². The van der Waals surface area contributed by atoms with Gasteiger partial charge in [0, 0.05) is 10.0 Å². The normalized spacial score (nSPS) is 10.1. The molecule has 1 rings (SSSR count). The Hall–Kier alpha value is -1.69. The van der Waals surface area contributed by atoms with Crippen molar-refractivity contribution in [2.45, 2.75) is 13.8 Å². The van der Waals surface area contributed by atoms with Crippen LogP contribution in [0.1, 0.15) is 43.6 Å². The van der Waals surface area contributed by atoms with Gasteiger partial charge in [0.2, 0.25) is 0 Å². The Bertz CT molecular complexity index is 533. The van der Waals surface area contributed by atoms with Crippen molar-refractivity contribution in [1.29, 1.82) is 0 Å². The zero-order chi connectivity index (χ0) is 13.3. The van der Waals surface area contributed by atoms with Crippen LogP contribution < -0.4 is 0 Å². The molecule has 0 aliphatic rings. The van der Waals surface area contributed by atoms with E-state index >= 15 is 0 Å². The second-order valence-electron chi connectivity index (χ2n) is 3.45. The van der Waals surface area contributed by atoms with E-state index in [-0.39, 0.29) is 16.7 Å². The van der Waals surface area contributed by atoms with Gasteiger partial charge < -0.3 is 10.2 Å². The van der Waals surface area contributed by atoms with E-state index in [4.69, 9.17) is 10.2 Å². The zero-order valence-corrected chi connectivity index (χ0v) is 10.7. The highest BCUT2D eigenvalue weighted by atomic mass is 79.9. The summed E-state index contributed by atoms with van der Waals surface area (Å²) < 4.78 is 0.345. The van der Waals surface area contributed by atoms with Gasteiger partial charge in [0.15, 0.2) is 5.78 Å². The van der Waals surface area contributed by atoms with E-state index in [0.717, 1.165) is 6.92 Å². The number of hydrogen-bond donors (Lipinski definition) is 2. The van der Waals surface area contributed by atoms with Gasteiger partial charge in [-0.05, 0) is 25.5 Å². The third kappa shape index (κ3) is 2.36. The molecule has 1 aromatic rings. The van der Waals surface area contributed by atoms with E-state index in [1.807, 2.05) is 0 Å². The fraction of sp³-hybridized carbons (Fsp3) is 0.182. The zero-order valence-electron chi connectivity index (χ0n) is 9.07. The van der Waals surface area contributed by atoms with Crippen molar-refractivity contribution in [2.75, 3.05) is 0 Å². The molecular formula is C11H9BrO5. The lowest BCUT2D eigenvalue weighted by atomic mass is 9.94. The molecule has 0 radical (unpaired) electrons. The molecule has 0 aliphatic heterocycles. The highest BCUT2D eigenvalue weighted by molar-refractivity contribution is 9.10. The molecule has 6 heteroatoms. The van der Waals surface area contributed by atoms with Crippen LogP contribution in [0.15, 0.2) is 10.5 Å². The number of aromatic carboxylic acids is 2. The van der Waals surface area contributed by atoms with E-state index in [1.165, 1.54) is 13.0 Å². The van der Waals surface area contributed by atoms with Gasteiger partial charge in [-0.3, -0.25) is 4.79 Å². The molecule has 0 atom stereocenters. The first kappa shape index (κ1) is 13.4. The fourth-order valence-electron chi connectivity index (χ4n) is 1.55. The number of carboxylic acid groups (broad SMARTS) is 2. The van der Waals surface area contributed by atoms with E-state index in [0.29, 0.717) is 10.0 Å². The number of ketones is 1. The van der Waals surface area contributed by atoms with E-state index in [2.05, 4.69) is 15.9 Å². The van der Waals surface area contributed by atoms with Gasteiger partial charge in [0.05, 0.1) is 11.1 Å². The molecule has 1 aromatic carbocycles. The van der Waals surface area contributed by atoms with Gasteiger partial charge in [-0.1, -0.05) is 15.9 Å². The van der Waals surface area contributed by atoms with E-state index < -0.39 is 17.7 Å². The molecule has 0 unspecified atom stereocenters. The van der Waals surface area contributed by atoms with Crippen LogP contribution in [0.4, 0.5) is 0 Å². The molecule has 2 N–H and O–H groups in total. The fourth-order valence-corrected chi connectivity index (χ4v) is 1.98. The van der Waals surface area contributed by atoms with Gasteiger partial charge in [-0.2, -0.15) is 0 Å². The number of benzene rings is 1. The van der Waals surface area contributed by atoms with Crippen LogP contribution in [0, 0.1) is 6.92 Å². The van der Waals surface area contributed by atoms with Crippen LogP contribution in [-0.2, 0) is 0 Å². The van der Waals surface area contributed by atoms with Crippen molar-refractivity contribution in [3.63, 3.8) is 0 Å². The maximum Gasteiger partial charge on any atom is 0.336 e. The molecule has 5 nitrogen and oxygen atoms in total. The van der Waals surface area contributed by atoms with Crippen LogP contribution in [0.5, 0.6) is 0 Å². The number of rotatable bonds is 3. The molecule has 17 heavy (non-hydrogen) atoms. The highest BCUT2D eigenvalue weighted by Crippen LogP contribution is 2.27. The first-order valence-corrected chi connectivity index (χ1v) is 5.37. The molecule has 0 saturated heterocycles. The topological polar surface area (TPSA) is 91.7 Å². The smallest absolute Gasteiger partial charge is 0.336 e. The van der Waals surface area contributed by atoms with Crippen LogP contribution in [0.25, 0.3) is 0 Å². The van der Waals surface area contributed by atoms with Crippen molar-refractivity contribution < 1.29 is 24.6 Å². The number of carboxylic acids is 2. The standard InChI is InChI=1S/C11H9BrO5/c1-4-7(12)3-6(10(14)15)9(5(2)13)8(4)11(16)17/h3H,1-2H3,(H,14,15)(H,16,17). The lowest BCUT2D eigenvalue weighted by Gasteiger charge is -2.11. The summed E-state index contributed by atoms with van der Waals surface area (Å²) in [5, 5.41) is 18.0. The molecule has 0 aliphatic carbocycles. The van der Waals surface area contributed by atoms with E-state index in [1.54, 1.807) is 0 Å². The summed E-state index contributed by atoms with van der Waals surface area (Å²) in [4.78, 5) is 33.5. The van der Waals surface area contributed by atoms with E-state index in [9.17, 15) is 14.4 Å². The summed E-state index contributed by atoms with van der Waals surface area (Å²) in [6, 6.07) is 1.24. The monoisotopic (exact) mass is 300 g/mol. The minimum atomic E-state index is -1.33. The van der Waals surface area contributed by atoms with Gasteiger partial charge >= 0.3 is 11.9 Å². The van der Waals surface area contributed by atoms with Crippen LogP contribution in [0.2, 0.25) is 0 Å². The molecular weight excluding hydrogens is 292 g/mol. The summed E-state index contributed by atoms with van der Waals surface area (Å²) in [5.41, 5.74) is -0.532. The first-order chi connectivity index (χ1) is 7.77. The van der Waals surface area contributed by atoms with Crippen molar-refractivity contribution in [1.82, 2.24) is 0 Å². The Morgan fingerprint density at radius 3 is 2.00 bits per heavy atom. The maximum atomic E-state index is 11.4. The number of carbonyl (C=O) groups is 3. The summed E-state index contributed by atoms with van der Waals surface area (Å²) >= 11 is 3.08. The Balaban J connectivity index is 3.83. The summed E-state index contributed by atoms with van der Waals surface area (Å²) in [7, 11) is 0. The van der Waals surface area contributed by atoms with Gasteiger partial charge in [-0.25, -0.2) is 9.59 Å². The highest BCUT2D eigenvalue weighted by Gasteiger charge is 2.25. The lowest BCUT2D eigenvalue weighted by Crippen LogP contribution is -2.15. The summed E-state index contributed by atoms with van der Waals surface area (Å²) in [5.74, 6) is -3.25. The number of hydrogen-bond acceptors (Lipinski definition) is 3. The van der Waals surface area contributed by atoms with Crippen molar-refractivity contribution in [2.24, 2.45) is 0 Å². The van der Waals surface area contributed by atoms with Gasteiger partial charge in [-0.15, -0.1) is 0 Å². The maximum absolute atomic E-state index is 11.4. The first-order valence-electron chi connectivity index (χ1n) is 4.58. The summed E-state index contributed by atoms with van der Waals surface area (Å²) in [6.45, 7) is 2.65. The van der Waals surface area contributed by atoms with Crippen LogP contribution in [0.3, 0.4) is 0 Å². The average Bonchev–Trinajstić information content (AvgIpc) is 2.19. The van der Waals surface area contributed by atoms with Gasteiger partial charge in [0.25, 0.3) is 0 Å². The van der Waals surface area contributed by atoms with Gasteiger partial charge in [0.1, 0.15) is 0 Å². The Labute approximate surface area is 105 Å². The minimum absolute atomic E-state index is 0.272. The van der Waals surface area contributed by atoms with Crippen molar-refractivity contribution in [3.8, 4) is 0 Å². The molecule has 0 aromatic heterocycles. The minimum Gasteiger partial charge on any atom is -0.478 e. The molecule has 0 bridgehead atoms. The molecule has 0 spiro atoms. The summed E-state index contributed by atoms with van der Waals surface area (Å²) in [6.07, 6.45) is 0. The molecule has 0 amide bonds. The second-order valence-corrected chi connectivity index (χ2v) is 4.30. The third-order valence-corrected chi connectivity index (χ3v) is 3.14. The predicted octanol–water partition coefficient (Wildman–Crippen LogP) is 2.36. The predicted molar refractivity (Wildman–Crippen MR) is 62.8 cm³/mol. The molecule has 0 fully saturated rings. The quantitative estimate of drug-likeness (QED) is 0.836. The number of halogens is 1. The molecule has 0 saturated carbocycles. The SMILES string of the molecule is CC(=O)c1c(C(=O)O)cc(Br)c(C)c1C(=O)O. The second kappa shape index (κ2) is 4.67. The average molecular weight is 301 g/mol. The van der Waals surface area contributed by atoms with Crippen LogP contribution >= 0.6 is 15.9 Å². The third-order valence-electron chi connectivity index (χ3n) is 2.32. The Morgan fingerprint density at radius 1 is 1.12 bits per heavy atom. The van der Waals surface area contributed by atoms with Crippen LogP contribution in [-0.4, -0.2) is 27.9 Å². The molecule has 0 heterocycles. The number of carbonyl (C=O) groups excluding carboxylic acids is 1. The lowest BCUT2D eigenvalue weighted by molar-refractivity contribution is 0.0688. The van der Waals surface area contributed by atoms with Crippen molar-refractivity contribution in [3.05, 3.63) is 32.8 Å². The largest absolute Gasteiger partial charge is 0.478 e. The number of Topliss-reactive ketones (excluding diaryl/α,β-unsaturated/α-hetero) is 1.